The van der Waals surface area contributed by atoms with Gasteiger partial charge in [-0.3, -0.25) is 10.2 Å². The first kappa shape index (κ1) is 20.4. The Labute approximate surface area is 180 Å². The predicted octanol–water partition coefficient (Wildman–Crippen LogP) is 4.83. The van der Waals surface area contributed by atoms with Crippen LogP contribution >= 0.6 is 0 Å². The molecule has 1 fully saturated rings. The maximum Gasteiger partial charge on any atom is 0.255 e. The standard InChI is InChI=1S/C24H23FN4O2/c25-22-15-17(14-18(23(22)30)16-26-28-20-6-2-1-3-7-20)24(31)27-19-8-10-21(11-9-19)29-12-4-5-13-29/h1-3,6-11,14-16,28,30H,4-5,12-13H2,(H,27,31). The van der Waals surface area contributed by atoms with E-state index >= 15 is 0 Å². The average Bonchev–Trinajstić information content (AvgIpc) is 3.33. The summed E-state index contributed by atoms with van der Waals surface area (Å²) in [7, 11) is 0. The Balaban J connectivity index is 1.46. The molecular formula is C24H23FN4O2. The molecule has 1 aliphatic heterocycles. The quantitative estimate of drug-likeness (QED) is 0.396. The number of hydrogen-bond donors (Lipinski definition) is 3. The van der Waals surface area contributed by atoms with Crippen molar-refractivity contribution in [2.75, 3.05) is 28.7 Å². The largest absolute Gasteiger partial charge is 0.504 e. The number of hydrazone groups is 1. The molecule has 0 aromatic heterocycles. The first-order valence-electron chi connectivity index (χ1n) is 10.1. The molecule has 0 unspecified atom stereocenters. The molecule has 1 amide bonds. The summed E-state index contributed by atoms with van der Waals surface area (Å²) < 4.78 is 14.2. The Kier molecular flexibility index (Phi) is 6.12. The van der Waals surface area contributed by atoms with Gasteiger partial charge in [0.2, 0.25) is 0 Å². The highest BCUT2D eigenvalue weighted by molar-refractivity contribution is 6.05. The first-order chi connectivity index (χ1) is 15.1. The van der Waals surface area contributed by atoms with Gasteiger partial charge in [-0.2, -0.15) is 5.10 Å². The summed E-state index contributed by atoms with van der Waals surface area (Å²) in [4.78, 5) is 14.9. The van der Waals surface area contributed by atoms with Crippen LogP contribution in [0.3, 0.4) is 0 Å². The van der Waals surface area contributed by atoms with Crippen molar-refractivity contribution in [2.24, 2.45) is 5.10 Å². The fraction of sp³-hybridized carbons (Fsp3) is 0.167. The zero-order chi connectivity index (χ0) is 21.6. The lowest BCUT2D eigenvalue weighted by Gasteiger charge is -2.17. The van der Waals surface area contributed by atoms with Crippen LogP contribution < -0.4 is 15.6 Å². The van der Waals surface area contributed by atoms with Crippen molar-refractivity contribution in [3.05, 3.63) is 83.7 Å². The molecule has 0 atom stereocenters. The molecule has 3 N–H and O–H groups in total. The van der Waals surface area contributed by atoms with Crippen LogP contribution in [-0.4, -0.2) is 30.3 Å². The summed E-state index contributed by atoms with van der Waals surface area (Å²) in [6, 6.07) is 19.2. The Morgan fingerprint density at radius 1 is 1.00 bits per heavy atom. The molecular weight excluding hydrogens is 395 g/mol. The van der Waals surface area contributed by atoms with Gasteiger partial charge in [0.1, 0.15) is 0 Å². The van der Waals surface area contributed by atoms with E-state index in [1.54, 1.807) is 0 Å². The van der Waals surface area contributed by atoms with Gasteiger partial charge in [0.15, 0.2) is 11.6 Å². The van der Waals surface area contributed by atoms with Crippen molar-refractivity contribution >= 4 is 29.2 Å². The average molecular weight is 418 g/mol. The molecule has 0 bridgehead atoms. The molecule has 1 heterocycles. The van der Waals surface area contributed by atoms with Crippen LogP contribution in [0.4, 0.5) is 21.5 Å². The van der Waals surface area contributed by atoms with Crippen LogP contribution in [0, 0.1) is 5.82 Å². The molecule has 0 aliphatic carbocycles. The third-order valence-corrected chi connectivity index (χ3v) is 5.12. The van der Waals surface area contributed by atoms with E-state index in [9.17, 15) is 14.3 Å². The zero-order valence-corrected chi connectivity index (χ0v) is 16.9. The number of aromatic hydroxyl groups is 1. The molecule has 3 aromatic rings. The number of amides is 1. The number of para-hydroxylation sites is 1. The van der Waals surface area contributed by atoms with E-state index in [1.807, 2.05) is 54.6 Å². The van der Waals surface area contributed by atoms with Crippen molar-refractivity contribution in [1.29, 1.82) is 0 Å². The van der Waals surface area contributed by atoms with Gasteiger partial charge >= 0.3 is 0 Å². The summed E-state index contributed by atoms with van der Waals surface area (Å²) in [6.07, 6.45) is 3.65. The van der Waals surface area contributed by atoms with Crippen molar-refractivity contribution in [3.63, 3.8) is 0 Å². The van der Waals surface area contributed by atoms with Gasteiger partial charge in [0, 0.05) is 35.6 Å². The van der Waals surface area contributed by atoms with E-state index in [2.05, 4.69) is 20.7 Å². The number of carbonyl (C=O) groups excluding carboxylic acids is 1. The highest BCUT2D eigenvalue weighted by Gasteiger charge is 2.15. The maximum atomic E-state index is 14.2. The van der Waals surface area contributed by atoms with E-state index in [-0.39, 0.29) is 11.1 Å². The van der Waals surface area contributed by atoms with Crippen LogP contribution in [0.2, 0.25) is 0 Å². The van der Waals surface area contributed by atoms with Gasteiger partial charge in [-0.25, -0.2) is 4.39 Å². The minimum Gasteiger partial charge on any atom is -0.504 e. The molecule has 1 aliphatic rings. The number of phenols is 1. The molecule has 158 valence electrons. The molecule has 0 radical (unpaired) electrons. The van der Waals surface area contributed by atoms with E-state index in [0.29, 0.717) is 5.69 Å². The molecule has 6 nitrogen and oxygen atoms in total. The van der Waals surface area contributed by atoms with Gasteiger partial charge in [-0.1, -0.05) is 18.2 Å². The summed E-state index contributed by atoms with van der Waals surface area (Å²) in [5.41, 5.74) is 5.44. The highest BCUT2D eigenvalue weighted by atomic mass is 19.1. The number of anilines is 3. The first-order valence-corrected chi connectivity index (χ1v) is 10.1. The molecule has 0 saturated carbocycles. The number of halogens is 1. The van der Waals surface area contributed by atoms with Crippen LogP contribution in [0.5, 0.6) is 5.75 Å². The van der Waals surface area contributed by atoms with Crippen LogP contribution in [0.25, 0.3) is 0 Å². The SMILES string of the molecule is O=C(Nc1ccc(N2CCCC2)cc1)c1cc(F)c(O)c(C=NNc2ccccc2)c1. The molecule has 31 heavy (non-hydrogen) atoms. The number of hydrogen-bond acceptors (Lipinski definition) is 5. The van der Waals surface area contributed by atoms with Crippen LogP contribution in [0.15, 0.2) is 71.8 Å². The maximum absolute atomic E-state index is 14.2. The van der Waals surface area contributed by atoms with E-state index in [4.69, 9.17) is 0 Å². The third-order valence-electron chi connectivity index (χ3n) is 5.12. The van der Waals surface area contributed by atoms with Gasteiger partial charge < -0.3 is 15.3 Å². The molecule has 4 rings (SSSR count). The second-order valence-corrected chi connectivity index (χ2v) is 7.33. The number of benzene rings is 3. The minimum absolute atomic E-state index is 0.0834. The van der Waals surface area contributed by atoms with Crippen molar-refractivity contribution in [2.45, 2.75) is 12.8 Å². The Hall–Kier alpha value is -3.87. The lowest BCUT2D eigenvalue weighted by molar-refractivity contribution is 0.102. The second-order valence-electron chi connectivity index (χ2n) is 7.33. The Morgan fingerprint density at radius 2 is 1.71 bits per heavy atom. The Bertz CT molecular complexity index is 1080. The fourth-order valence-corrected chi connectivity index (χ4v) is 3.47. The predicted molar refractivity (Wildman–Crippen MR) is 122 cm³/mol. The van der Waals surface area contributed by atoms with E-state index in [0.717, 1.165) is 30.5 Å². The number of nitrogens with one attached hydrogen (secondary N) is 2. The van der Waals surface area contributed by atoms with Crippen molar-refractivity contribution in [3.8, 4) is 5.75 Å². The molecule has 3 aromatic carbocycles. The van der Waals surface area contributed by atoms with Gasteiger partial charge in [0.25, 0.3) is 5.91 Å². The van der Waals surface area contributed by atoms with E-state index < -0.39 is 17.5 Å². The van der Waals surface area contributed by atoms with E-state index in [1.165, 1.54) is 25.1 Å². The minimum atomic E-state index is -0.891. The van der Waals surface area contributed by atoms with Gasteiger partial charge in [0.05, 0.1) is 11.9 Å². The number of carbonyl (C=O) groups is 1. The Morgan fingerprint density at radius 3 is 2.42 bits per heavy atom. The van der Waals surface area contributed by atoms with Gasteiger partial charge in [-0.15, -0.1) is 0 Å². The summed E-state index contributed by atoms with van der Waals surface area (Å²) in [6.45, 7) is 2.09. The molecule has 0 spiro atoms. The summed E-state index contributed by atoms with van der Waals surface area (Å²) >= 11 is 0. The van der Waals surface area contributed by atoms with Crippen LogP contribution in [-0.2, 0) is 0 Å². The molecule has 7 heteroatoms. The zero-order valence-electron chi connectivity index (χ0n) is 16.9. The topological polar surface area (TPSA) is 77.0 Å². The van der Waals surface area contributed by atoms with Crippen molar-refractivity contribution in [1.82, 2.24) is 0 Å². The van der Waals surface area contributed by atoms with Crippen LogP contribution in [0.1, 0.15) is 28.8 Å². The summed E-state index contributed by atoms with van der Waals surface area (Å²) in [5, 5.41) is 16.8. The smallest absolute Gasteiger partial charge is 0.255 e. The number of phenolic OH excluding ortho intramolecular Hbond substituents is 1. The second kappa shape index (κ2) is 9.30. The number of nitrogens with zero attached hydrogens (tertiary/aromatic N) is 2. The van der Waals surface area contributed by atoms with Crippen molar-refractivity contribution < 1.29 is 14.3 Å². The number of rotatable bonds is 6. The molecule has 1 saturated heterocycles. The fourth-order valence-electron chi connectivity index (χ4n) is 3.47. The highest BCUT2D eigenvalue weighted by Crippen LogP contribution is 2.24. The lowest BCUT2D eigenvalue weighted by atomic mass is 10.1. The monoisotopic (exact) mass is 418 g/mol. The third kappa shape index (κ3) is 5.01. The lowest BCUT2D eigenvalue weighted by Crippen LogP contribution is -2.17. The normalized spacial score (nSPS) is 13.5. The summed E-state index contributed by atoms with van der Waals surface area (Å²) in [5.74, 6) is -1.93. The van der Waals surface area contributed by atoms with Gasteiger partial charge in [-0.05, 0) is 61.4 Å².